The van der Waals surface area contributed by atoms with E-state index < -0.39 is 0 Å². The van der Waals surface area contributed by atoms with Gasteiger partial charge in [0.1, 0.15) is 11.6 Å². The Hall–Kier alpha value is -3.03. The molecule has 8 heteroatoms. The van der Waals surface area contributed by atoms with Gasteiger partial charge in [-0.05, 0) is 12.1 Å². The van der Waals surface area contributed by atoms with Crippen molar-refractivity contribution in [3.05, 3.63) is 42.1 Å². The maximum atomic E-state index is 11.8. The number of nitrogens with one attached hydrogen (secondary N) is 2. The molecule has 21 heavy (non-hydrogen) atoms. The second kappa shape index (κ2) is 6.94. The van der Waals surface area contributed by atoms with Crippen molar-refractivity contribution in [2.45, 2.75) is 6.42 Å². The number of para-hydroxylation sites is 1. The Morgan fingerprint density at radius 3 is 2.90 bits per heavy atom. The Morgan fingerprint density at radius 1 is 1.43 bits per heavy atom. The first-order chi connectivity index (χ1) is 10.2. The minimum absolute atomic E-state index is 0.139. The molecule has 0 atom stereocenters. The fraction of sp³-hybridized carbons (Fsp3) is 0.154. The van der Waals surface area contributed by atoms with Crippen LogP contribution < -0.4 is 15.8 Å². The molecule has 0 fully saturated rings. The average molecular weight is 289 g/mol. The number of aromatic amines is 1. The lowest BCUT2D eigenvalue weighted by atomic mass is 10.3. The highest BCUT2D eigenvalue weighted by molar-refractivity contribution is 6.04. The highest BCUT2D eigenvalue weighted by Crippen LogP contribution is 2.11. The molecule has 0 aliphatic heterocycles. The lowest BCUT2D eigenvalue weighted by Crippen LogP contribution is -2.19. The number of ether oxygens (including phenoxy) is 1. The van der Waals surface area contributed by atoms with Gasteiger partial charge in [-0.2, -0.15) is 5.10 Å². The first-order valence-corrected chi connectivity index (χ1v) is 6.19. The molecule has 1 heterocycles. The number of anilines is 1. The Balaban J connectivity index is 1.84. The van der Waals surface area contributed by atoms with Crippen molar-refractivity contribution in [1.82, 2.24) is 10.2 Å². The van der Waals surface area contributed by atoms with Crippen molar-refractivity contribution < 1.29 is 14.7 Å². The molecule has 1 amide bonds. The number of benzene rings is 1. The van der Waals surface area contributed by atoms with E-state index in [4.69, 9.17) is 15.7 Å². The van der Waals surface area contributed by atoms with Crippen molar-refractivity contribution in [3.8, 4) is 5.75 Å². The van der Waals surface area contributed by atoms with E-state index in [0.717, 1.165) is 0 Å². The summed E-state index contributed by atoms with van der Waals surface area (Å²) in [4.78, 5) is 11.8. The number of amides is 1. The number of aromatic nitrogens is 2. The lowest BCUT2D eigenvalue weighted by Gasteiger charge is -2.07. The fourth-order valence-corrected chi connectivity index (χ4v) is 1.61. The minimum Gasteiger partial charge on any atom is -0.493 e. The van der Waals surface area contributed by atoms with E-state index in [1.54, 1.807) is 0 Å². The van der Waals surface area contributed by atoms with Gasteiger partial charge in [0, 0.05) is 0 Å². The number of carbonyl (C=O) groups excluding carboxylic acids is 1. The SMILES string of the molecule is NC(=NO)c1cn[nH]c1NC(=O)CCOc1ccccc1. The summed E-state index contributed by atoms with van der Waals surface area (Å²) in [6.07, 6.45) is 1.51. The van der Waals surface area contributed by atoms with E-state index >= 15 is 0 Å². The molecule has 0 aliphatic rings. The minimum atomic E-state index is -0.276. The Kier molecular flexibility index (Phi) is 4.75. The predicted molar refractivity (Wildman–Crippen MR) is 76.3 cm³/mol. The van der Waals surface area contributed by atoms with Gasteiger partial charge in [-0.3, -0.25) is 9.89 Å². The molecule has 0 radical (unpaired) electrons. The quantitative estimate of drug-likeness (QED) is 0.272. The number of amidine groups is 1. The number of nitrogens with zero attached hydrogens (tertiary/aromatic N) is 2. The van der Waals surface area contributed by atoms with Gasteiger partial charge in [-0.1, -0.05) is 23.4 Å². The number of hydrogen-bond acceptors (Lipinski definition) is 5. The van der Waals surface area contributed by atoms with E-state index in [1.807, 2.05) is 30.3 Å². The van der Waals surface area contributed by atoms with Crippen LogP contribution in [-0.2, 0) is 4.79 Å². The van der Waals surface area contributed by atoms with Crippen LogP contribution in [0, 0.1) is 0 Å². The Morgan fingerprint density at radius 2 is 2.19 bits per heavy atom. The number of rotatable bonds is 6. The number of H-pyrrole nitrogens is 1. The van der Waals surface area contributed by atoms with Crippen LogP contribution in [0.3, 0.4) is 0 Å². The van der Waals surface area contributed by atoms with Gasteiger partial charge in [-0.25, -0.2) is 0 Å². The van der Waals surface area contributed by atoms with Gasteiger partial charge in [0.2, 0.25) is 5.91 Å². The zero-order valence-electron chi connectivity index (χ0n) is 11.1. The molecular weight excluding hydrogens is 274 g/mol. The van der Waals surface area contributed by atoms with Crippen LogP contribution in [0.15, 0.2) is 41.7 Å². The van der Waals surface area contributed by atoms with Crippen molar-refractivity contribution in [2.75, 3.05) is 11.9 Å². The predicted octanol–water partition coefficient (Wildman–Crippen LogP) is 0.912. The van der Waals surface area contributed by atoms with Crippen molar-refractivity contribution in [1.29, 1.82) is 0 Å². The highest BCUT2D eigenvalue weighted by Gasteiger charge is 2.12. The summed E-state index contributed by atoms with van der Waals surface area (Å²) >= 11 is 0. The summed E-state index contributed by atoms with van der Waals surface area (Å²) in [6, 6.07) is 9.20. The zero-order valence-corrected chi connectivity index (χ0v) is 11.1. The maximum Gasteiger partial charge on any atom is 0.228 e. The van der Waals surface area contributed by atoms with Crippen LogP contribution >= 0.6 is 0 Å². The fourth-order valence-electron chi connectivity index (χ4n) is 1.61. The molecule has 0 saturated carbocycles. The summed E-state index contributed by atoms with van der Waals surface area (Å²) < 4.78 is 5.42. The maximum absolute atomic E-state index is 11.8. The smallest absolute Gasteiger partial charge is 0.228 e. The second-order valence-corrected chi connectivity index (χ2v) is 4.10. The molecule has 2 rings (SSSR count). The number of carbonyl (C=O) groups is 1. The number of oxime groups is 1. The van der Waals surface area contributed by atoms with Crippen LogP contribution in [-0.4, -0.2) is 33.8 Å². The van der Waals surface area contributed by atoms with E-state index in [1.165, 1.54) is 6.20 Å². The molecule has 0 spiro atoms. The third kappa shape index (κ3) is 3.96. The molecule has 110 valence electrons. The van der Waals surface area contributed by atoms with Crippen molar-refractivity contribution in [2.24, 2.45) is 10.9 Å². The van der Waals surface area contributed by atoms with Gasteiger partial charge in [0.25, 0.3) is 0 Å². The molecule has 2 aromatic rings. The molecule has 5 N–H and O–H groups in total. The average Bonchev–Trinajstić information content (AvgIpc) is 2.95. The monoisotopic (exact) mass is 289 g/mol. The summed E-state index contributed by atoms with van der Waals surface area (Å²) in [5.74, 6) is 0.556. The number of nitrogens with two attached hydrogens (primary N) is 1. The largest absolute Gasteiger partial charge is 0.493 e. The zero-order chi connectivity index (χ0) is 15.1. The second-order valence-electron chi connectivity index (χ2n) is 4.10. The topological polar surface area (TPSA) is 126 Å². The van der Waals surface area contributed by atoms with E-state index in [0.29, 0.717) is 11.3 Å². The van der Waals surface area contributed by atoms with Gasteiger partial charge in [0.05, 0.1) is 24.8 Å². The molecule has 1 aromatic carbocycles. The Bertz CT molecular complexity index is 624. The normalized spacial score (nSPS) is 11.1. The van der Waals surface area contributed by atoms with Crippen LogP contribution in [0.4, 0.5) is 5.82 Å². The van der Waals surface area contributed by atoms with E-state index in [9.17, 15) is 4.79 Å². The van der Waals surface area contributed by atoms with Crippen LogP contribution in [0.1, 0.15) is 12.0 Å². The number of hydrogen-bond donors (Lipinski definition) is 4. The first kappa shape index (κ1) is 14.4. The summed E-state index contributed by atoms with van der Waals surface area (Å²) in [7, 11) is 0. The van der Waals surface area contributed by atoms with Gasteiger partial charge in [-0.15, -0.1) is 0 Å². The van der Waals surface area contributed by atoms with Gasteiger partial charge >= 0.3 is 0 Å². The van der Waals surface area contributed by atoms with Crippen LogP contribution in [0.5, 0.6) is 5.75 Å². The molecule has 8 nitrogen and oxygen atoms in total. The highest BCUT2D eigenvalue weighted by atomic mass is 16.5. The third-order valence-corrected chi connectivity index (χ3v) is 2.63. The molecule has 0 unspecified atom stereocenters. The van der Waals surface area contributed by atoms with Gasteiger partial charge < -0.3 is 21.0 Å². The van der Waals surface area contributed by atoms with Crippen molar-refractivity contribution in [3.63, 3.8) is 0 Å². The van der Waals surface area contributed by atoms with Crippen molar-refractivity contribution >= 4 is 17.6 Å². The molecule has 0 aliphatic carbocycles. The summed E-state index contributed by atoms with van der Waals surface area (Å²) in [6.45, 7) is 0.239. The van der Waals surface area contributed by atoms with Gasteiger partial charge in [0.15, 0.2) is 5.84 Å². The Labute approximate surface area is 120 Å². The van der Waals surface area contributed by atoms with Crippen LogP contribution in [0.25, 0.3) is 0 Å². The molecule has 0 bridgehead atoms. The lowest BCUT2D eigenvalue weighted by molar-refractivity contribution is -0.116. The molecular formula is C13H15N5O3. The summed E-state index contributed by atoms with van der Waals surface area (Å²) in [5.41, 5.74) is 5.77. The standard InChI is InChI=1S/C13H15N5O3/c14-12(18-20)10-8-15-17-13(10)16-11(19)6-7-21-9-4-2-1-3-5-9/h1-5,8,20H,6-7H2,(H2,14,18)(H2,15,16,17,19). The molecule has 1 aromatic heterocycles. The summed E-state index contributed by atoms with van der Waals surface area (Å²) in [5, 5.41) is 20.4. The van der Waals surface area contributed by atoms with E-state index in [2.05, 4.69) is 20.7 Å². The van der Waals surface area contributed by atoms with Crippen LogP contribution in [0.2, 0.25) is 0 Å². The van der Waals surface area contributed by atoms with E-state index in [-0.39, 0.29) is 30.6 Å². The first-order valence-electron chi connectivity index (χ1n) is 6.19. The third-order valence-electron chi connectivity index (χ3n) is 2.63. The molecule has 0 saturated heterocycles.